The van der Waals surface area contributed by atoms with Crippen molar-refractivity contribution in [2.45, 2.75) is 38.3 Å². The molecule has 2 heterocycles. The second kappa shape index (κ2) is 5.99. The zero-order valence-electron chi connectivity index (χ0n) is 10.6. The van der Waals surface area contributed by atoms with Gasteiger partial charge in [-0.15, -0.1) is 11.3 Å². The molecule has 0 saturated heterocycles. The van der Waals surface area contributed by atoms with Crippen LogP contribution in [-0.2, 0) is 6.54 Å². The number of aromatic nitrogens is 2. The molecule has 1 saturated carbocycles. The van der Waals surface area contributed by atoms with Gasteiger partial charge < -0.3 is 5.32 Å². The summed E-state index contributed by atoms with van der Waals surface area (Å²) in [6.45, 7) is 0.854. The summed E-state index contributed by atoms with van der Waals surface area (Å²) in [4.78, 5) is 9.65. The van der Waals surface area contributed by atoms with Gasteiger partial charge in [-0.05, 0) is 25.0 Å². The third-order valence-corrected chi connectivity index (χ3v) is 4.81. The number of pyridine rings is 1. The second-order valence-corrected chi connectivity index (χ2v) is 6.30. The van der Waals surface area contributed by atoms with Crippen LogP contribution < -0.4 is 5.32 Å². The Kier molecular flexibility index (Phi) is 4.11. The number of halogens is 1. The first kappa shape index (κ1) is 13.0. The predicted molar refractivity (Wildman–Crippen MR) is 79.5 cm³/mol. The Balaban J connectivity index is 1.67. The van der Waals surface area contributed by atoms with Gasteiger partial charge >= 0.3 is 0 Å². The van der Waals surface area contributed by atoms with Gasteiger partial charge in [-0.2, -0.15) is 0 Å². The van der Waals surface area contributed by atoms with Crippen molar-refractivity contribution in [2.75, 3.05) is 0 Å². The molecule has 1 N–H and O–H groups in total. The third-order valence-electron chi connectivity index (χ3n) is 3.48. The summed E-state index contributed by atoms with van der Waals surface area (Å²) in [6, 6.07) is 4.56. The molecule has 1 aliphatic rings. The van der Waals surface area contributed by atoms with Crippen LogP contribution in [0.1, 0.15) is 30.7 Å². The highest BCUT2D eigenvalue weighted by atomic mass is 35.5. The molecular weight excluding hydrogens is 278 g/mol. The third kappa shape index (κ3) is 3.14. The van der Waals surface area contributed by atoms with Gasteiger partial charge in [-0.1, -0.05) is 24.4 Å². The van der Waals surface area contributed by atoms with Gasteiger partial charge in [0.2, 0.25) is 0 Å². The molecule has 2 aromatic rings. The number of nitrogens with one attached hydrogen (secondary N) is 1. The van der Waals surface area contributed by atoms with Crippen molar-refractivity contribution in [3.05, 3.63) is 34.7 Å². The molecule has 2 aromatic heterocycles. The number of rotatable bonds is 4. The van der Waals surface area contributed by atoms with E-state index < -0.39 is 0 Å². The molecule has 19 heavy (non-hydrogen) atoms. The molecule has 0 atom stereocenters. The molecule has 1 aliphatic carbocycles. The predicted octanol–water partition coefficient (Wildman–Crippen LogP) is 3.89. The Labute approximate surface area is 122 Å². The van der Waals surface area contributed by atoms with Crippen molar-refractivity contribution in [1.29, 1.82) is 0 Å². The summed E-state index contributed by atoms with van der Waals surface area (Å²) in [7, 11) is 0. The molecule has 0 spiro atoms. The van der Waals surface area contributed by atoms with Gasteiger partial charge in [0.1, 0.15) is 10.2 Å². The van der Waals surface area contributed by atoms with E-state index in [1.54, 1.807) is 17.5 Å². The Morgan fingerprint density at radius 1 is 1.32 bits per heavy atom. The average molecular weight is 294 g/mol. The molecule has 0 aromatic carbocycles. The Hall–Kier alpha value is -0.970. The molecule has 100 valence electrons. The lowest BCUT2D eigenvalue weighted by atomic mass is 10.2. The van der Waals surface area contributed by atoms with E-state index in [9.17, 15) is 0 Å². The maximum absolute atomic E-state index is 6.10. The molecule has 5 heteroatoms. The van der Waals surface area contributed by atoms with Crippen LogP contribution >= 0.6 is 22.9 Å². The van der Waals surface area contributed by atoms with E-state index in [0.29, 0.717) is 11.2 Å². The number of nitrogens with zero attached hydrogens (tertiary/aromatic N) is 2. The molecule has 1 fully saturated rings. The molecule has 0 aliphatic heterocycles. The van der Waals surface area contributed by atoms with E-state index in [4.69, 9.17) is 11.6 Å². The minimum absolute atomic E-state index is 0.543. The Morgan fingerprint density at radius 2 is 2.16 bits per heavy atom. The zero-order chi connectivity index (χ0) is 13.1. The standard InChI is InChI=1S/C14H16ClN3S/c15-14-11(6-3-7-16-14)12-8-18-13(19-12)9-17-10-4-1-2-5-10/h3,6-8,10,17H,1-2,4-5,9H2. The Bertz CT molecular complexity index is 549. The summed E-state index contributed by atoms with van der Waals surface area (Å²) >= 11 is 7.79. The lowest BCUT2D eigenvalue weighted by Crippen LogP contribution is -2.25. The van der Waals surface area contributed by atoms with Crippen LogP contribution in [0.25, 0.3) is 10.4 Å². The zero-order valence-corrected chi connectivity index (χ0v) is 12.2. The van der Waals surface area contributed by atoms with Gasteiger partial charge in [-0.25, -0.2) is 9.97 Å². The minimum atomic E-state index is 0.543. The van der Waals surface area contributed by atoms with Gasteiger partial charge in [-0.3, -0.25) is 0 Å². The highest BCUT2D eigenvalue weighted by molar-refractivity contribution is 7.15. The highest BCUT2D eigenvalue weighted by Crippen LogP contribution is 2.30. The van der Waals surface area contributed by atoms with Crippen molar-refractivity contribution in [3.8, 4) is 10.4 Å². The van der Waals surface area contributed by atoms with E-state index >= 15 is 0 Å². The van der Waals surface area contributed by atoms with Crippen LogP contribution in [0.3, 0.4) is 0 Å². The van der Waals surface area contributed by atoms with Crippen molar-refractivity contribution in [1.82, 2.24) is 15.3 Å². The average Bonchev–Trinajstić information content (AvgIpc) is 3.08. The molecular formula is C14H16ClN3S. The van der Waals surface area contributed by atoms with Crippen LogP contribution in [-0.4, -0.2) is 16.0 Å². The van der Waals surface area contributed by atoms with Crippen molar-refractivity contribution in [2.24, 2.45) is 0 Å². The van der Waals surface area contributed by atoms with Gasteiger partial charge in [0, 0.05) is 30.5 Å². The Morgan fingerprint density at radius 3 is 2.95 bits per heavy atom. The first-order chi connectivity index (χ1) is 9.33. The first-order valence-corrected chi connectivity index (χ1v) is 7.81. The van der Waals surface area contributed by atoms with E-state index in [1.807, 2.05) is 18.3 Å². The molecule has 3 rings (SSSR count). The normalized spacial score (nSPS) is 16.1. The molecule has 0 bridgehead atoms. The van der Waals surface area contributed by atoms with Crippen LogP contribution in [0.15, 0.2) is 24.5 Å². The first-order valence-electron chi connectivity index (χ1n) is 6.62. The molecule has 3 nitrogen and oxygen atoms in total. The van der Waals surface area contributed by atoms with E-state index in [-0.39, 0.29) is 0 Å². The second-order valence-electron chi connectivity index (χ2n) is 4.82. The lowest BCUT2D eigenvalue weighted by Gasteiger charge is -2.09. The fraction of sp³-hybridized carbons (Fsp3) is 0.429. The summed E-state index contributed by atoms with van der Waals surface area (Å²) in [6.07, 6.45) is 8.89. The van der Waals surface area contributed by atoms with Gasteiger partial charge in [0.15, 0.2) is 0 Å². The minimum Gasteiger partial charge on any atom is -0.308 e. The topological polar surface area (TPSA) is 37.8 Å². The highest BCUT2D eigenvalue weighted by Gasteiger charge is 2.15. The fourth-order valence-electron chi connectivity index (χ4n) is 2.45. The fourth-order valence-corrected chi connectivity index (χ4v) is 3.62. The van der Waals surface area contributed by atoms with E-state index in [0.717, 1.165) is 22.0 Å². The summed E-state index contributed by atoms with van der Waals surface area (Å²) in [5.41, 5.74) is 0.966. The smallest absolute Gasteiger partial charge is 0.137 e. The van der Waals surface area contributed by atoms with E-state index in [1.165, 1.54) is 25.7 Å². The number of hydrogen-bond acceptors (Lipinski definition) is 4. The molecule has 0 radical (unpaired) electrons. The monoisotopic (exact) mass is 293 g/mol. The molecule has 0 unspecified atom stereocenters. The van der Waals surface area contributed by atoms with Gasteiger partial charge in [0.05, 0.1) is 4.88 Å². The van der Waals surface area contributed by atoms with Crippen LogP contribution in [0.4, 0.5) is 0 Å². The number of hydrogen-bond donors (Lipinski definition) is 1. The van der Waals surface area contributed by atoms with Crippen LogP contribution in [0, 0.1) is 0 Å². The van der Waals surface area contributed by atoms with Crippen LogP contribution in [0.5, 0.6) is 0 Å². The van der Waals surface area contributed by atoms with Crippen molar-refractivity contribution < 1.29 is 0 Å². The number of thiazole rings is 1. The summed E-state index contributed by atoms with van der Waals surface area (Å²) in [5.74, 6) is 0. The molecule has 0 amide bonds. The van der Waals surface area contributed by atoms with Crippen molar-refractivity contribution >= 4 is 22.9 Å². The van der Waals surface area contributed by atoms with Gasteiger partial charge in [0.25, 0.3) is 0 Å². The maximum atomic E-state index is 6.10. The van der Waals surface area contributed by atoms with E-state index in [2.05, 4.69) is 15.3 Å². The quantitative estimate of drug-likeness (QED) is 0.869. The lowest BCUT2D eigenvalue weighted by molar-refractivity contribution is 0.523. The SMILES string of the molecule is Clc1ncccc1-c1cnc(CNC2CCCC2)s1. The largest absolute Gasteiger partial charge is 0.308 e. The summed E-state index contributed by atoms with van der Waals surface area (Å²) < 4.78 is 0. The maximum Gasteiger partial charge on any atom is 0.137 e. The van der Waals surface area contributed by atoms with Crippen LogP contribution in [0.2, 0.25) is 5.15 Å². The van der Waals surface area contributed by atoms with Crippen molar-refractivity contribution in [3.63, 3.8) is 0 Å². The summed E-state index contributed by atoms with van der Waals surface area (Å²) in [5, 5.41) is 5.23.